The van der Waals surface area contributed by atoms with Crippen molar-refractivity contribution >= 4 is 12.2 Å². The summed E-state index contributed by atoms with van der Waals surface area (Å²) in [4.78, 5) is 6.88. The molecule has 2 heterocycles. The van der Waals surface area contributed by atoms with E-state index in [1.807, 2.05) is 10.8 Å². The summed E-state index contributed by atoms with van der Waals surface area (Å²) in [5, 5.41) is 0. The zero-order chi connectivity index (χ0) is 8.39. The third kappa shape index (κ3) is 1.31. The molecule has 2 rings (SSSR count). The summed E-state index contributed by atoms with van der Waals surface area (Å²) < 4.78 is 7.41. The van der Waals surface area contributed by atoms with E-state index in [9.17, 15) is 0 Å². The van der Waals surface area contributed by atoms with Gasteiger partial charge in [0.05, 0.1) is 12.2 Å². The summed E-state index contributed by atoms with van der Waals surface area (Å²) in [6.07, 6.45) is 6.68. The Morgan fingerprint density at radius 3 is 3.17 bits per heavy atom. The van der Waals surface area contributed by atoms with Crippen molar-refractivity contribution in [3.63, 3.8) is 0 Å². The Balaban J connectivity index is 2.25. The maximum atomic E-state index is 5.01. The molecule has 0 radical (unpaired) electrons. The SMILES string of the molecule is S=c1[nH]ccn1Cc1cocn1. The summed E-state index contributed by atoms with van der Waals surface area (Å²) in [7, 11) is 0. The molecule has 0 saturated heterocycles. The molecule has 1 N–H and O–H groups in total. The average molecular weight is 181 g/mol. The minimum absolute atomic E-state index is 0.652. The van der Waals surface area contributed by atoms with Crippen molar-refractivity contribution in [2.24, 2.45) is 0 Å². The zero-order valence-electron chi connectivity index (χ0n) is 6.23. The van der Waals surface area contributed by atoms with Crippen LogP contribution in [0.4, 0.5) is 0 Å². The van der Waals surface area contributed by atoms with E-state index in [0.29, 0.717) is 11.3 Å². The van der Waals surface area contributed by atoms with Crippen molar-refractivity contribution in [1.29, 1.82) is 0 Å². The first-order valence-corrected chi connectivity index (χ1v) is 3.88. The first-order valence-electron chi connectivity index (χ1n) is 3.47. The van der Waals surface area contributed by atoms with Gasteiger partial charge in [-0.05, 0) is 12.2 Å². The Labute approximate surface area is 73.9 Å². The lowest BCUT2D eigenvalue weighted by molar-refractivity contribution is 0.555. The molecular formula is C7H7N3OS. The smallest absolute Gasteiger partial charge is 0.180 e. The molecule has 0 spiro atoms. The summed E-state index contributed by atoms with van der Waals surface area (Å²) in [6.45, 7) is 0.652. The number of H-pyrrole nitrogens is 1. The van der Waals surface area contributed by atoms with Crippen LogP contribution in [0, 0.1) is 4.77 Å². The molecule has 2 aromatic rings. The van der Waals surface area contributed by atoms with E-state index in [1.165, 1.54) is 6.39 Å². The van der Waals surface area contributed by atoms with Gasteiger partial charge in [-0.1, -0.05) is 0 Å². The van der Waals surface area contributed by atoms with Crippen LogP contribution in [-0.4, -0.2) is 14.5 Å². The van der Waals surface area contributed by atoms with E-state index in [0.717, 1.165) is 5.69 Å². The minimum Gasteiger partial charge on any atom is -0.451 e. The van der Waals surface area contributed by atoms with E-state index in [4.69, 9.17) is 16.6 Å². The molecule has 0 unspecified atom stereocenters. The highest BCUT2D eigenvalue weighted by atomic mass is 32.1. The van der Waals surface area contributed by atoms with Crippen LogP contribution >= 0.6 is 12.2 Å². The number of aromatic nitrogens is 3. The van der Waals surface area contributed by atoms with Crippen molar-refractivity contribution in [1.82, 2.24) is 14.5 Å². The maximum Gasteiger partial charge on any atom is 0.180 e. The predicted molar refractivity (Wildman–Crippen MR) is 45.2 cm³/mol. The lowest BCUT2D eigenvalue weighted by Crippen LogP contribution is -1.97. The molecule has 2 aromatic heterocycles. The molecule has 5 heteroatoms. The number of nitrogens with one attached hydrogen (secondary N) is 1. The minimum atomic E-state index is 0.652. The first-order chi connectivity index (χ1) is 5.86. The zero-order valence-corrected chi connectivity index (χ0v) is 7.04. The number of imidazole rings is 1. The van der Waals surface area contributed by atoms with Gasteiger partial charge in [0.15, 0.2) is 11.2 Å². The number of hydrogen-bond acceptors (Lipinski definition) is 3. The molecule has 62 valence electrons. The third-order valence-corrected chi connectivity index (χ3v) is 1.89. The Morgan fingerprint density at radius 2 is 2.58 bits per heavy atom. The van der Waals surface area contributed by atoms with Gasteiger partial charge in [-0.15, -0.1) is 0 Å². The van der Waals surface area contributed by atoms with Crippen LogP contribution in [0.15, 0.2) is 29.5 Å². The second kappa shape index (κ2) is 2.94. The fourth-order valence-corrected chi connectivity index (χ4v) is 1.16. The molecule has 0 aromatic carbocycles. The first kappa shape index (κ1) is 7.30. The maximum absolute atomic E-state index is 5.01. The molecule has 0 aliphatic heterocycles. The molecule has 0 saturated carbocycles. The van der Waals surface area contributed by atoms with Crippen molar-refractivity contribution < 1.29 is 4.42 Å². The molecule has 0 bridgehead atoms. The molecule has 0 atom stereocenters. The number of hydrogen-bond donors (Lipinski definition) is 1. The summed E-state index contributed by atoms with van der Waals surface area (Å²) >= 11 is 5.01. The van der Waals surface area contributed by atoms with Crippen molar-refractivity contribution in [2.45, 2.75) is 6.54 Å². The summed E-state index contributed by atoms with van der Waals surface area (Å²) in [5.41, 5.74) is 0.866. The van der Waals surface area contributed by atoms with Crippen molar-refractivity contribution in [3.8, 4) is 0 Å². The third-order valence-electron chi connectivity index (χ3n) is 1.54. The van der Waals surface area contributed by atoms with Crippen LogP contribution in [0.1, 0.15) is 5.69 Å². The van der Waals surface area contributed by atoms with Gasteiger partial charge < -0.3 is 14.0 Å². The fourth-order valence-electron chi connectivity index (χ4n) is 0.964. The molecule has 0 aliphatic carbocycles. The Morgan fingerprint density at radius 1 is 1.67 bits per heavy atom. The number of nitrogens with zero attached hydrogens (tertiary/aromatic N) is 2. The molecule has 0 aliphatic rings. The molecule has 12 heavy (non-hydrogen) atoms. The normalized spacial score (nSPS) is 10.3. The van der Waals surface area contributed by atoms with Gasteiger partial charge in [-0.2, -0.15) is 0 Å². The van der Waals surface area contributed by atoms with Gasteiger partial charge in [0.1, 0.15) is 6.26 Å². The Bertz CT molecular complexity index is 400. The predicted octanol–water partition coefficient (Wildman–Crippen LogP) is 1.58. The lowest BCUT2D eigenvalue weighted by Gasteiger charge is -1.95. The van der Waals surface area contributed by atoms with Crippen LogP contribution in [-0.2, 0) is 6.54 Å². The van der Waals surface area contributed by atoms with E-state index < -0.39 is 0 Å². The van der Waals surface area contributed by atoms with Gasteiger partial charge >= 0.3 is 0 Å². The van der Waals surface area contributed by atoms with Gasteiger partial charge in [0.2, 0.25) is 0 Å². The molecule has 4 nitrogen and oxygen atoms in total. The summed E-state index contributed by atoms with van der Waals surface area (Å²) in [5.74, 6) is 0. The van der Waals surface area contributed by atoms with Crippen molar-refractivity contribution in [2.75, 3.05) is 0 Å². The second-order valence-electron chi connectivity index (χ2n) is 2.37. The largest absolute Gasteiger partial charge is 0.451 e. The number of rotatable bonds is 2. The number of aromatic amines is 1. The van der Waals surface area contributed by atoms with E-state index in [1.54, 1.807) is 12.5 Å². The van der Waals surface area contributed by atoms with Gasteiger partial charge in [0.25, 0.3) is 0 Å². The van der Waals surface area contributed by atoms with Crippen LogP contribution in [0.25, 0.3) is 0 Å². The highest BCUT2D eigenvalue weighted by Gasteiger charge is 1.97. The Kier molecular flexibility index (Phi) is 1.79. The van der Waals surface area contributed by atoms with Crippen LogP contribution in [0.3, 0.4) is 0 Å². The molecular weight excluding hydrogens is 174 g/mol. The topological polar surface area (TPSA) is 46.8 Å². The van der Waals surface area contributed by atoms with Crippen LogP contribution in [0.2, 0.25) is 0 Å². The van der Waals surface area contributed by atoms with E-state index in [2.05, 4.69) is 9.97 Å². The fraction of sp³-hybridized carbons (Fsp3) is 0.143. The molecule has 0 fully saturated rings. The monoisotopic (exact) mass is 181 g/mol. The second-order valence-corrected chi connectivity index (χ2v) is 2.76. The summed E-state index contributed by atoms with van der Waals surface area (Å²) in [6, 6.07) is 0. The van der Waals surface area contributed by atoms with Crippen LogP contribution < -0.4 is 0 Å². The highest BCUT2D eigenvalue weighted by molar-refractivity contribution is 7.71. The van der Waals surface area contributed by atoms with E-state index in [-0.39, 0.29) is 0 Å². The Hall–Kier alpha value is -1.36. The number of oxazole rings is 1. The standard InChI is InChI=1S/C7H7N3OS/c12-7-8-1-2-10(7)3-6-4-11-5-9-6/h1-2,4-5H,3H2,(H,8,12). The molecule has 0 amide bonds. The lowest BCUT2D eigenvalue weighted by atomic mass is 10.5. The van der Waals surface area contributed by atoms with Gasteiger partial charge in [-0.3, -0.25) is 0 Å². The van der Waals surface area contributed by atoms with Crippen molar-refractivity contribution in [3.05, 3.63) is 35.5 Å². The average Bonchev–Trinajstić information content (AvgIpc) is 2.65. The van der Waals surface area contributed by atoms with E-state index >= 15 is 0 Å². The quantitative estimate of drug-likeness (QED) is 0.715. The van der Waals surface area contributed by atoms with Gasteiger partial charge in [0, 0.05) is 12.4 Å². The van der Waals surface area contributed by atoms with Gasteiger partial charge in [-0.25, -0.2) is 4.98 Å². The highest BCUT2D eigenvalue weighted by Crippen LogP contribution is 1.99. The van der Waals surface area contributed by atoms with Crippen LogP contribution in [0.5, 0.6) is 0 Å².